The molecule has 2 saturated heterocycles. The summed E-state index contributed by atoms with van der Waals surface area (Å²) in [6.07, 6.45) is 0.681. The molecule has 3 fully saturated rings. The molecule has 1 saturated carbocycles. The number of aliphatic hydroxyl groups is 1. The molecule has 270 valence electrons. The number of para-hydroxylation sites is 1. The average Bonchev–Trinajstić information content (AvgIpc) is 3.47. The lowest BCUT2D eigenvalue weighted by atomic mass is 9.56. The highest BCUT2D eigenvalue weighted by Gasteiger charge is 2.77. The van der Waals surface area contributed by atoms with Gasteiger partial charge in [0.05, 0.1) is 29.1 Å². The summed E-state index contributed by atoms with van der Waals surface area (Å²) in [5.41, 5.74) is -1.97. The average molecular weight is 766 g/mol. The van der Waals surface area contributed by atoms with Crippen molar-refractivity contribution in [3.05, 3.63) is 105 Å². The maximum absolute atomic E-state index is 15.3. The summed E-state index contributed by atoms with van der Waals surface area (Å²) in [7, 11) is 0. The lowest BCUT2D eigenvalue weighted by Crippen LogP contribution is -2.60. The van der Waals surface area contributed by atoms with Gasteiger partial charge in [-0.2, -0.15) is 0 Å². The fourth-order valence-electron chi connectivity index (χ4n) is 7.90. The van der Waals surface area contributed by atoms with E-state index in [4.69, 9.17) is 27.9 Å². The highest BCUT2D eigenvalue weighted by Crippen LogP contribution is 2.66. The molecule has 18 heteroatoms. The number of alkyl halides is 2. The largest absolute Gasteiger partial charge is 0.491 e. The van der Waals surface area contributed by atoms with Crippen LogP contribution in [-0.2, 0) is 19.2 Å². The first kappa shape index (κ1) is 35.5. The van der Waals surface area contributed by atoms with Crippen LogP contribution in [0.4, 0.5) is 39.0 Å². The predicted octanol–water partition coefficient (Wildman–Crippen LogP) is 5.43. The molecule has 0 spiro atoms. The second-order valence-corrected chi connectivity index (χ2v) is 13.8. The molecule has 3 aromatic rings. The fourth-order valence-corrected chi connectivity index (χ4v) is 8.82. The van der Waals surface area contributed by atoms with Gasteiger partial charge in [0.1, 0.15) is 18.0 Å². The number of nitro groups is 1. The Hall–Kier alpha value is -4.93. The van der Waals surface area contributed by atoms with E-state index in [2.05, 4.69) is 0 Å². The van der Waals surface area contributed by atoms with Gasteiger partial charge in [0, 0.05) is 23.6 Å². The molecule has 0 radical (unpaired) electrons. The Labute approximate surface area is 299 Å². The number of aliphatic hydroxyl groups excluding tert-OH is 1. The number of halogens is 7. The highest BCUT2D eigenvalue weighted by molar-refractivity contribution is 6.58. The first-order valence-electron chi connectivity index (χ1n) is 15.5. The van der Waals surface area contributed by atoms with E-state index in [-0.39, 0.29) is 46.2 Å². The topological polar surface area (TPSA) is 147 Å². The van der Waals surface area contributed by atoms with Crippen LogP contribution in [-0.4, -0.2) is 56.6 Å². The molecule has 4 aliphatic rings. The molecule has 1 N–H and O–H groups in total. The second-order valence-electron chi connectivity index (χ2n) is 12.6. The number of amides is 4. The Morgan fingerprint density at radius 3 is 2.08 bits per heavy atom. The Bertz CT molecular complexity index is 2130. The number of hydrogen-bond acceptors (Lipinski definition) is 8. The van der Waals surface area contributed by atoms with E-state index in [9.17, 15) is 47.6 Å². The first-order valence-corrected chi connectivity index (χ1v) is 16.3. The summed E-state index contributed by atoms with van der Waals surface area (Å²) < 4.78 is 79.2. The van der Waals surface area contributed by atoms with Crippen LogP contribution in [0, 0.1) is 57.0 Å². The van der Waals surface area contributed by atoms with Crippen molar-refractivity contribution in [2.24, 2.45) is 17.8 Å². The number of nitro benzene ring substituents is 1. The minimum atomic E-state index is -2.76. The Morgan fingerprint density at radius 2 is 1.46 bits per heavy atom. The number of carbonyl (C=O) groups is 4. The van der Waals surface area contributed by atoms with E-state index in [1.807, 2.05) is 0 Å². The zero-order chi connectivity index (χ0) is 37.6. The minimum absolute atomic E-state index is 0.000488. The number of nitrogens with zero attached hydrogens (tertiary/aromatic N) is 3. The number of carbonyl (C=O) groups excluding carboxylic acids is 4. The molecular formula is C34H22Cl2F5N3O8. The molecule has 11 nitrogen and oxygen atoms in total. The number of ether oxygens (including phenoxy) is 1. The number of benzene rings is 3. The summed E-state index contributed by atoms with van der Waals surface area (Å²) in [5, 5.41) is 20.7. The third-order valence-corrected chi connectivity index (χ3v) is 11.5. The van der Waals surface area contributed by atoms with Crippen molar-refractivity contribution in [1.29, 1.82) is 0 Å². The molecule has 6 atom stereocenters. The minimum Gasteiger partial charge on any atom is -0.491 e. The lowest BCUT2D eigenvalue weighted by Gasteiger charge is -2.50. The SMILES string of the molecule is O=C1C2CC=C3C(CC4(Cl)C(=O)N(c5c(F)c(F)c(F)c(F)c5F)C(=O)C4(Cl)C3c3ccccc3OCCO)C2C(=O)N1c1ccc([N+](=O)[O-])cc1. The number of rotatable bonds is 7. The van der Waals surface area contributed by atoms with Gasteiger partial charge in [-0.05, 0) is 37.0 Å². The van der Waals surface area contributed by atoms with Crippen molar-refractivity contribution in [3.63, 3.8) is 0 Å². The van der Waals surface area contributed by atoms with Crippen molar-refractivity contribution in [3.8, 4) is 5.75 Å². The molecule has 3 aromatic carbocycles. The molecule has 7 rings (SSSR count). The standard InChI is InChI=1S/C34H22Cl2F5N3O8/c35-33-13-19-16(9-10-18-21(19)30(47)42(29(18)46)14-5-7-15(8-6-14)44(50)51)22(17-3-1-2-4-20(17)52-12-11-45)34(33,36)32(49)43(31(33)48)28-26(40)24(38)23(37)25(39)27(28)41/h1-9,18-19,21-22,45H,10-13H2. The summed E-state index contributed by atoms with van der Waals surface area (Å²) in [6.45, 7) is -0.751. The van der Waals surface area contributed by atoms with Crippen LogP contribution in [0.5, 0.6) is 5.75 Å². The van der Waals surface area contributed by atoms with E-state index >= 15 is 8.78 Å². The van der Waals surface area contributed by atoms with Crippen molar-refractivity contribution >= 4 is 63.9 Å². The van der Waals surface area contributed by atoms with Crippen molar-refractivity contribution in [2.45, 2.75) is 28.5 Å². The van der Waals surface area contributed by atoms with Crippen LogP contribution in [0.15, 0.2) is 60.2 Å². The monoisotopic (exact) mass is 765 g/mol. The zero-order valence-electron chi connectivity index (χ0n) is 26.1. The summed E-state index contributed by atoms with van der Waals surface area (Å²) >= 11 is 14.3. The molecule has 2 heterocycles. The summed E-state index contributed by atoms with van der Waals surface area (Å²) in [4.78, 5) is 62.4. The van der Waals surface area contributed by atoms with Gasteiger partial charge < -0.3 is 9.84 Å². The molecule has 6 unspecified atom stereocenters. The van der Waals surface area contributed by atoms with Gasteiger partial charge in [0.25, 0.3) is 17.5 Å². The summed E-state index contributed by atoms with van der Waals surface area (Å²) in [5.74, 6) is -22.3. The van der Waals surface area contributed by atoms with Crippen molar-refractivity contribution in [2.75, 3.05) is 23.0 Å². The number of allylic oxidation sites excluding steroid dienone is 2. The van der Waals surface area contributed by atoms with E-state index in [0.717, 1.165) is 17.0 Å². The molecule has 0 aromatic heterocycles. The number of imide groups is 2. The van der Waals surface area contributed by atoms with Gasteiger partial charge in [-0.1, -0.05) is 29.8 Å². The van der Waals surface area contributed by atoms with E-state index < -0.39 is 110 Å². The smallest absolute Gasteiger partial charge is 0.269 e. The molecule has 2 aliphatic heterocycles. The third-order valence-electron chi connectivity index (χ3n) is 10.1. The van der Waals surface area contributed by atoms with Gasteiger partial charge >= 0.3 is 0 Å². The van der Waals surface area contributed by atoms with E-state index in [0.29, 0.717) is 0 Å². The van der Waals surface area contributed by atoms with Gasteiger partial charge in [-0.25, -0.2) is 26.9 Å². The fraction of sp³-hybridized carbons (Fsp3) is 0.294. The number of non-ortho nitro benzene ring substituents is 1. The first-order chi connectivity index (χ1) is 24.6. The molecule has 52 heavy (non-hydrogen) atoms. The molecule has 2 aliphatic carbocycles. The van der Waals surface area contributed by atoms with Crippen LogP contribution in [0.3, 0.4) is 0 Å². The highest BCUT2D eigenvalue weighted by atomic mass is 35.5. The maximum Gasteiger partial charge on any atom is 0.269 e. The van der Waals surface area contributed by atoms with Crippen LogP contribution >= 0.6 is 23.2 Å². The van der Waals surface area contributed by atoms with Crippen LogP contribution in [0.1, 0.15) is 24.3 Å². The van der Waals surface area contributed by atoms with Crippen molar-refractivity contribution in [1.82, 2.24) is 0 Å². The second kappa shape index (κ2) is 12.3. The van der Waals surface area contributed by atoms with Crippen LogP contribution in [0.25, 0.3) is 0 Å². The Balaban J connectivity index is 1.42. The molecular weight excluding hydrogens is 744 g/mol. The molecule has 0 bridgehead atoms. The van der Waals surface area contributed by atoms with Gasteiger partial charge in [0.2, 0.25) is 17.6 Å². The zero-order valence-corrected chi connectivity index (χ0v) is 27.6. The van der Waals surface area contributed by atoms with Crippen molar-refractivity contribution < 1.29 is 55.9 Å². The lowest BCUT2D eigenvalue weighted by molar-refractivity contribution is -0.384. The van der Waals surface area contributed by atoms with Gasteiger partial charge in [-0.3, -0.25) is 34.2 Å². The quantitative estimate of drug-likeness (QED) is 0.0490. The Kier molecular flexibility index (Phi) is 8.42. The Morgan fingerprint density at radius 1 is 0.846 bits per heavy atom. The van der Waals surface area contributed by atoms with Crippen LogP contribution < -0.4 is 14.5 Å². The van der Waals surface area contributed by atoms with Crippen LogP contribution in [0.2, 0.25) is 0 Å². The number of anilines is 2. The normalized spacial score (nSPS) is 28.1. The maximum atomic E-state index is 15.3. The number of hydrogen-bond donors (Lipinski definition) is 1. The predicted molar refractivity (Wildman–Crippen MR) is 171 cm³/mol. The van der Waals surface area contributed by atoms with Gasteiger partial charge in [0.15, 0.2) is 33.0 Å². The number of fused-ring (bicyclic) bond motifs is 4. The van der Waals surface area contributed by atoms with E-state index in [1.54, 1.807) is 0 Å². The van der Waals surface area contributed by atoms with Gasteiger partial charge in [-0.15, -0.1) is 23.2 Å². The van der Waals surface area contributed by atoms with E-state index in [1.165, 1.54) is 42.5 Å². The summed E-state index contributed by atoms with van der Waals surface area (Å²) in [6, 6.07) is 10.4. The third kappa shape index (κ3) is 4.66. The molecule has 4 amide bonds.